The molecule has 0 radical (unpaired) electrons. The van der Waals surface area contributed by atoms with Gasteiger partial charge in [0.05, 0.1) is 12.8 Å². The molecule has 1 fully saturated rings. The molecule has 0 spiro atoms. The van der Waals surface area contributed by atoms with E-state index in [-0.39, 0.29) is 24.3 Å². The van der Waals surface area contributed by atoms with Crippen molar-refractivity contribution in [2.75, 3.05) is 12.4 Å². The average Bonchev–Trinajstić information content (AvgIpc) is 2.75. The normalized spacial score (nSPS) is 15.6. The monoisotopic (exact) mass is 338 g/mol. The van der Waals surface area contributed by atoms with Crippen LogP contribution in [0.3, 0.4) is 0 Å². The maximum absolute atomic E-state index is 12.0. The number of nitrogens with one attached hydrogen (secondary N) is 2. The quantitative estimate of drug-likeness (QED) is 0.637. The summed E-state index contributed by atoms with van der Waals surface area (Å²) >= 11 is 5.92. The lowest BCUT2D eigenvalue weighted by Crippen LogP contribution is -2.36. The summed E-state index contributed by atoms with van der Waals surface area (Å²) in [5.41, 5.74) is 0.465. The first-order valence-corrected chi connectivity index (χ1v) is 8.39. The molecule has 2 amide bonds. The summed E-state index contributed by atoms with van der Waals surface area (Å²) in [6, 6.07) is 5.14. The van der Waals surface area contributed by atoms with Gasteiger partial charge in [0.2, 0.25) is 11.8 Å². The van der Waals surface area contributed by atoms with Crippen molar-refractivity contribution in [3.63, 3.8) is 0 Å². The number of amides is 2. The third-order valence-corrected chi connectivity index (χ3v) is 4.21. The Morgan fingerprint density at radius 3 is 2.52 bits per heavy atom. The van der Waals surface area contributed by atoms with Gasteiger partial charge < -0.3 is 15.4 Å². The zero-order chi connectivity index (χ0) is 16.7. The number of benzene rings is 1. The fraction of sp³-hybridized carbons (Fsp3) is 0.529. The summed E-state index contributed by atoms with van der Waals surface area (Å²) in [4.78, 5) is 24.1. The molecule has 0 unspecified atom stereocenters. The van der Waals surface area contributed by atoms with E-state index in [2.05, 4.69) is 10.6 Å². The molecule has 1 aromatic rings. The Morgan fingerprint density at radius 1 is 1.17 bits per heavy atom. The van der Waals surface area contributed by atoms with Gasteiger partial charge in [-0.25, -0.2) is 0 Å². The number of hydrogen-bond donors (Lipinski definition) is 2. The van der Waals surface area contributed by atoms with Crippen LogP contribution >= 0.6 is 11.6 Å². The second-order valence-corrected chi connectivity index (χ2v) is 6.26. The van der Waals surface area contributed by atoms with Crippen LogP contribution in [0.5, 0.6) is 5.75 Å². The van der Waals surface area contributed by atoms with Crippen molar-refractivity contribution < 1.29 is 14.3 Å². The van der Waals surface area contributed by atoms with Crippen LogP contribution < -0.4 is 15.4 Å². The van der Waals surface area contributed by atoms with Gasteiger partial charge >= 0.3 is 0 Å². The summed E-state index contributed by atoms with van der Waals surface area (Å²) in [6.45, 7) is 0. The number of rotatable bonds is 5. The van der Waals surface area contributed by atoms with Crippen molar-refractivity contribution in [2.45, 2.75) is 51.0 Å². The summed E-state index contributed by atoms with van der Waals surface area (Å²) in [5, 5.41) is 6.12. The first kappa shape index (κ1) is 17.6. The van der Waals surface area contributed by atoms with Gasteiger partial charge in [0.15, 0.2) is 0 Å². The second-order valence-electron chi connectivity index (χ2n) is 5.83. The first-order chi connectivity index (χ1) is 11.1. The van der Waals surface area contributed by atoms with Crippen molar-refractivity contribution in [1.29, 1.82) is 0 Å². The molecule has 1 saturated carbocycles. The number of halogens is 1. The van der Waals surface area contributed by atoms with Crippen LogP contribution in [0.25, 0.3) is 0 Å². The van der Waals surface area contributed by atoms with E-state index in [1.54, 1.807) is 18.2 Å². The zero-order valence-electron chi connectivity index (χ0n) is 13.4. The van der Waals surface area contributed by atoms with Gasteiger partial charge in [-0.05, 0) is 31.0 Å². The molecule has 23 heavy (non-hydrogen) atoms. The lowest BCUT2D eigenvalue weighted by Gasteiger charge is -2.16. The fourth-order valence-corrected chi connectivity index (χ4v) is 2.99. The Balaban J connectivity index is 1.86. The molecule has 0 heterocycles. The Bertz CT molecular complexity index is 555. The number of carbonyl (C=O) groups excluding carboxylic acids is 2. The Hall–Kier alpha value is -1.75. The van der Waals surface area contributed by atoms with Crippen molar-refractivity contribution >= 4 is 29.1 Å². The molecule has 1 aliphatic carbocycles. The van der Waals surface area contributed by atoms with Crippen molar-refractivity contribution in [3.8, 4) is 5.75 Å². The number of ether oxygens (including phenoxy) is 1. The highest BCUT2D eigenvalue weighted by molar-refractivity contribution is 6.31. The average molecular weight is 339 g/mol. The molecule has 2 rings (SSSR count). The lowest BCUT2D eigenvalue weighted by atomic mass is 10.1. The molecule has 0 bridgehead atoms. The van der Waals surface area contributed by atoms with Crippen LogP contribution in [-0.2, 0) is 9.59 Å². The fourth-order valence-electron chi connectivity index (χ4n) is 2.82. The van der Waals surface area contributed by atoms with E-state index in [0.29, 0.717) is 16.5 Å². The van der Waals surface area contributed by atoms with E-state index in [4.69, 9.17) is 16.3 Å². The van der Waals surface area contributed by atoms with E-state index in [0.717, 1.165) is 25.7 Å². The van der Waals surface area contributed by atoms with Crippen molar-refractivity contribution in [3.05, 3.63) is 23.2 Å². The van der Waals surface area contributed by atoms with Gasteiger partial charge in [-0.2, -0.15) is 0 Å². The smallest absolute Gasteiger partial charge is 0.233 e. The molecule has 1 aromatic carbocycles. The molecule has 5 nitrogen and oxygen atoms in total. The predicted molar refractivity (Wildman–Crippen MR) is 90.9 cm³/mol. The third kappa shape index (κ3) is 5.75. The zero-order valence-corrected chi connectivity index (χ0v) is 14.1. The molecule has 0 saturated heterocycles. The number of carbonyl (C=O) groups is 2. The molecule has 0 aliphatic heterocycles. The van der Waals surface area contributed by atoms with E-state index >= 15 is 0 Å². The van der Waals surface area contributed by atoms with Crippen molar-refractivity contribution in [2.24, 2.45) is 0 Å². The van der Waals surface area contributed by atoms with Crippen LogP contribution in [0.1, 0.15) is 44.9 Å². The third-order valence-electron chi connectivity index (χ3n) is 3.98. The topological polar surface area (TPSA) is 67.4 Å². The Morgan fingerprint density at radius 2 is 1.87 bits per heavy atom. The maximum Gasteiger partial charge on any atom is 0.233 e. The van der Waals surface area contributed by atoms with Gasteiger partial charge in [-0.1, -0.05) is 37.3 Å². The molecule has 6 heteroatoms. The predicted octanol–water partition coefficient (Wildman–Crippen LogP) is 3.52. The van der Waals surface area contributed by atoms with E-state index < -0.39 is 0 Å². The molecular weight excluding hydrogens is 316 g/mol. The largest absolute Gasteiger partial charge is 0.495 e. The minimum atomic E-state index is -0.378. The minimum Gasteiger partial charge on any atom is -0.495 e. The minimum absolute atomic E-state index is 0.193. The summed E-state index contributed by atoms with van der Waals surface area (Å²) in [5.74, 6) is -0.112. The molecule has 0 atom stereocenters. The Labute approximate surface area is 141 Å². The number of anilines is 1. The number of methoxy groups -OCH3 is 1. The van der Waals surface area contributed by atoms with Gasteiger partial charge in [-0.3, -0.25) is 9.59 Å². The van der Waals surface area contributed by atoms with Crippen molar-refractivity contribution in [1.82, 2.24) is 5.32 Å². The number of hydrogen-bond acceptors (Lipinski definition) is 3. The molecule has 1 aliphatic rings. The maximum atomic E-state index is 12.0. The van der Waals surface area contributed by atoms with Gasteiger partial charge in [0.1, 0.15) is 12.2 Å². The summed E-state index contributed by atoms with van der Waals surface area (Å²) < 4.78 is 5.17. The SMILES string of the molecule is COc1ccc(Cl)cc1NC(=O)CC(=O)NC1CCCCCC1. The molecule has 2 N–H and O–H groups in total. The van der Waals surface area contributed by atoms with Crippen LogP contribution in [0, 0.1) is 0 Å². The lowest BCUT2D eigenvalue weighted by molar-refractivity contribution is -0.127. The highest BCUT2D eigenvalue weighted by Crippen LogP contribution is 2.27. The summed E-state index contributed by atoms with van der Waals surface area (Å²) in [6.07, 6.45) is 6.51. The first-order valence-electron chi connectivity index (χ1n) is 8.01. The standard InChI is InChI=1S/C17H23ClN2O3/c1-23-15-9-8-12(18)10-14(15)20-17(22)11-16(21)19-13-6-4-2-3-5-7-13/h8-10,13H,2-7,11H2,1H3,(H,19,21)(H,20,22). The van der Waals surface area contributed by atoms with Gasteiger partial charge in [-0.15, -0.1) is 0 Å². The second kappa shape index (κ2) is 8.77. The van der Waals surface area contributed by atoms with Crippen LogP contribution in [-0.4, -0.2) is 25.0 Å². The van der Waals surface area contributed by atoms with E-state index in [9.17, 15) is 9.59 Å². The molecule has 0 aromatic heterocycles. The van der Waals surface area contributed by atoms with Gasteiger partial charge in [0.25, 0.3) is 0 Å². The molecular formula is C17H23ClN2O3. The highest BCUT2D eigenvalue weighted by Gasteiger charge is 2.17. The van der Waals surface area contributed by atoms with E-state index in [1.807, 2.05) is 0 Å². The molecule has 126 valence electrons. The van der Waals surface area contributed by atoms with Crippen LogP contribution in [0.15, 0.2) is 18.2 Å². The highest BCUT2D eigenvalue weighted by atomic mass is 35.5. The van der Waals surface area contributed by atoms with Crippen LogP contribution in [0.2, 0.25) is 5.02 Å². The van der Waals surface area contributed by atoms with Crippen LogP contribution in [0.4, 0.5) is 5.69 Å². The van der Waals surface area contributed by atoms with Gasteiger partial charge in [0, 0.05) is 11.1 Å². The van der Waals surface area contributed by atoms with E-state index in [1.165, 1.54) is 20.0 Å². The summed E-state index contributed by atoms with van der Waals surface area (Å²) in [7, 11) is 1.51. The Kier molecular flexibility index (Phi) is 6.71.